The monoisotopic (exact) mass is 255 g/mol. The van der Waals surface area contributed by atoms with Crippen molar-refractivity contribution in [1.82, 2.24) is 5.32 Å². The van der Waals surface area contributed by atoms with Gasteiger partial charge in [0, 0.05) is 11.6 Å². The minimum atomic E-state index is -0.924. The van der Waals surface area contributed by atoms with Gasteiger partial charge in [-0.15, -0.1) is 0 Å². The average Bonchev–Trinajstić information content (AvgIpc) is 2.30. The van der Waals surface area contributed by atoms with Gasteiger partial charge in [-0.25, -0.2) is 4.39 Å². The van der Waals surface area contributed by atoms with Crippen molar-refractivity contribution >= 4 is 5.97 Å². The molecule has 100 valence electrons. The molecule has 0 aliphatic carbocycles. The summed E-state index contributed by atoms with van der Waals surface area (Å²) in [6, 6.07) is 3.31. The Balaban J connectivity index is 2.91. The maximum atomic E-state index is 13.1. The molecule has 1 unspecified atom stereocenters. The normalized spacial score (nSPS) is 13.2. The molecule has 18 heavy (non-hydrogen) atoms. The Kier molecular flexibility index (Phi) is 4.29. The molecule has 0 radical (unpaired) electrons. The van der Waals surface area contributed by atoms with E-state index in [-0.39, 0.29) is 5.75 Å². The van der Waals surface area contributed by atoms with Gasteiger partial charge < -0.3 is 9.84 Å². The molecule has 4 nitrogen and oxygen atoms in total. The van der Waals surface area contributed by atoms with Gasteiger partial charge in [0.15, 0.2) is 0 Å². The third-order valence-corrected chi connectivity index (χ3v) is 2.73. The van der Waals surface area contributed by atoms with Gasteiger partial charge in [-0.05, 0) is 39.0 Å². The third-order valence-electron chi connectivity index (χ3n) is 2.73. The molecule has 0 aromatic heterocycles. The van der Waals surface area contributed by atoms with Crippen LogP contribution in [0.1, 0.15) is 32.4 Å². The number of halogens is 1. The number of carbonyl (C=O) groups excluding carboxylic acids is 1. The fraction of sp³-hybridized carbons (Fsp3) is 0.462. The van der Waals surface area contributed by atoms with E-state index >= 15 is 0 Å². The fourth-order valence-electron chi connectivity index (χ4n) is 1.81. The molecule has 2 N–H and O–H groups in total. The molecule has 0 amide bonds. The number of aromatic hydroxyl groups is 1. The van der Waals surface area contributed by atoms with Crippen LogP contribution >= 0.6 is 0 Å². The van der Waals surface area contributed by atoms with Crippen LogP contribution in [0.5, 0.6) is 5.75 Å². The summed E-state index contributed by atoms with van der Waals surface area (Å²) in [6.45, 7) is 5.05. The molecule has 0 fully saturated rings. The van der Waals surface area contributed by atoms with Crippen LogP contribution in [0.15, 0.2) is 18.2 Å². The molecule has 5 heteroatoms. The van der Waals surface area contributed by atoms with E-state index in [0.717, 1.165) is 0 Å². The lowest BCUT2D eigenvalue weighted by molar-refractivity contribution is -0.147. The van der Waals surface area contributed by atoms with Crippen LogP contribution in [0, 0.1) is 5.82 Å². The number of benzene rings is 1. The smallest absolute Gasteiger partial charge is 0.325 e. The van der Waals surface area contributed by atoms with Gasteiger partial charge in [-0.3, -0.25) is 10.1 Å². The number of esters is 1. The van der Waals surface area contributed by atoms with E-state index in [1.54, 1.807) is 20.8 Å². The molecule has 0 spiro atoms. The van der Waals surface area contributed by atoms with Crippen molar-refractivity contribution < 1.29 is 19.0 Å². The Bertz CT molecular complexity index is 446. The van der Waals surface area contributed by atoms with E-state index in [2.05, 4.69) is 10.1 Å². The second-order valence-corrected chi connectivity index (χ2v) is 4.69. The predicted octanol–water partition coefficient (Wildman–Crippen LogP) is 2.13. The SMILES string of the molecule is COC(=O)C(C)(C)NC(C)c1cc(F)ccc1O. The lowest BCUT2D eigenvalue weighted by Gasteiger charge is -2.28. The van der Waals surface area contributed by atoms with Crippen molar-refractivity contribution in [3.05, 3.63) is 29.6 Å². The van der Waals surface area contributed by atoms with Crippen molar-refractivity contribution in [2.24, 2.45) is 0 Å². The number of hydrogen-bond acceptors (Lipinski definition) is 4. The zero-order valence-corrected chi connectivity index (χ0v) is 11.0. The van der Waals surface area contributed by atoms with Gasteiger partial charge in [0.2, 0.25) is 0 Å². The number of nitrogens with one attached hydrogen (secondary N) is 1. The Morgan fingerprint density at radius 2 is 2.11 bits per heavy atom. The molecule has 1 rings (SSSR count). The first-order valence-corrected chi connectivity index (χ1v) is 5.62. The summed E-state index contributed by atoms with van der Waals surface area (Å²) in [6.07, 6.45) is 0. The van der Waals surface area contributed by atoms with Crippen molar-refractivity contribution in [1.29, 1.82) is 0 Å². The number of carbonyl (C=O) groups is 1. The van der Waals surface area contributed by atoms with Gasteiger partial charge in [-0.2, -0.15) is 0 Å². The van der Waals surface area contributed by atoms with E-state index in [1.165, 1.54) is 25.3 Å². The molecule has 0 bridgehead atoms. The van der Waals surface area contributed by atoms with Crippen LogP contribution in [-0.4, -0.2) is 23.7 Å². The second kappa shape index (κ2) is 5.35. The molecule has 1 aromatic rings. The summed E-state index contributed by atoms with van der Waals surface area (Å²) in [7, 11) is 1.30. The lowest BCUT2D eigenvalue weighted by Crippen LogP contribution is -2.48. The van der Waals surface area contributed by atoms with E-state index in [0.29, 0.717) is 5.56 Å². The molecule has 1 atom stereocenters. The number of ether oxygens (including phenoxy) is 1. The van der Waals surface area contributed by atoms with Gasteiger partial charge in [0.1, 0.15) is 17.1 Å². The maximum Gasteiger partial charge on any atom is 0.325 e. The van der Waals surface area contributed by atoms with Crippen LogP contribution in [-0.2, 0) is 9.53 Å². The standard InChI is InChI=1S/C13H18FNO3/c1-8(15-13(2,3)12(17)18-4)10-7-9(14)5-6-11(10)16/h5-8,15-16H,1-4H3. The summed E-state index contributed by atoms with van der Waals surface area (Å²) in [5, 5.41) is 12.7. The molecular formula is C13H18FNO3. The van der Waals surface area contributed by atoms with Crippen LogP contribution in [0.25, 0.3) is 0 Å². The summed E-state index contributed by atoms with van der Waals surface area (Å²) >= 11 is 0. The van der Waals surface area contributed by atoms with Gasteiger partial charge in [-0.1, -0.05) is 0 Å². The first-order chi connectivity index (χ1) is 8.27. The number of phenolic OH excluding ortho intramolecular Hbond substituents is 1. The quantitative estimate of drug-likeness (QED) is 0.809. The Labute approximate surface area is 106 Å². The Morgan fingerprint density at radius 3 is 2.67 bits per heavy atom. The second-order valence-electron chi connectivity index (χ2n) is 4.69. The molecular weight excluding hydrogens is 237 g/mol. The highest BCUT2D eigenvalue weighted by atomic mass is 19.1. The number of rotatable bonds is 4. The largest absolute Gasteiger partial charge is 0.508 e. The molecule has 0 heterocycles. The number of phenols is 1. The number of hydrogen-bond donors (Lipinski definition) is 2. The van der Waals surface area contributed by atoms with E-state index in [1.807, 2.05) is 0 Å². The first-order valence-electron chi connectivity index (χ1n) is 5.62. The van der Waals surface area contributed by atoms with Crippen molar-refractivity contribution in [3.8, 4) is 5.75 Å². The van der Waals surface area contributed by atoms with Gasteiger partial charge in [0.25, 0.3) is 0 Å². The third kappa shape index (κ3) is 3.20. The molecule has 0 aliphatic rings. The number of methoxy groups -OCH3 is 1. The van der Waals surface area contributed by atoms with Crippen LogP contribution < -0.4 is 5.32 Å². The fourth-order valence-corrected chi connectivity index (χ4v) is 1.81. The zero-order chi connectivity index (χ0) is 13.9. The van der Waals surface area contributed by atoms with Crippen LogP contribution in [0.2, 0.25) is 0 Å². The average molecular weight is 255 g/mol. The van der Waals surface area contributed by atoms with Gasteiger partial charge in [0.05, 0.1) is 7.11 Å². The van der Waals surface area contributed by atoms with Crippen molar-refractivity contribution in [2.75, 3.05) is 7.11 Å². The van der Waals surface area contributed by atoms with Crippen molar-refractivity contribution in [3.63, 3.8) is 0 Å². The molecule has 0 saturated carbocycles. The van der Waals surface area contributed by atoms with E-state index in [4.69, 9.17) is 0 Å². The van der Waals surface area contributed by atoms with Crippen LogP contribution in [0.4, 0.5) is 4.39 Å². The molecule has 0 aliphatic heterocycles. The highest BCUT2D eigenvalue weighted by Gasteiger charge is 2.30. The van der Waals surface area contributed by atoms with Gasteiger partial charge >= 0.3 is 5.97 Å². The zero-order valence-electron chi connectivity index (χ0n) is 11.0. The highest BCUT2D eigenvalue weighted by molar-refractivity contribution is 5.79. The summed E-state index contributed by atoms with van der Waals surface area (Å²) < 4.78 is 17.8. The first kappa shape index (κ1) is 14.4. The van der Waals surface area contributed by atoms with Crippen LogP contribution in [0.3, 0.4) is 0 Å². The van der Waals surface area contributed by atoms with E-state index < -0.39 is 23.4 Å². The predicted molar refractivity (Wildman–Crippen MR) is 65.7 cm³/mol. The summed E-state index contributed by atoms with van der Waals surface area (Å²) in [4.78, 5) is 11.5. The molecule has 1 aromatic carbocycles. The Morgan fingerprint density at radius 1 is 1.50 bits per heavy atom. The summed E-state index contributed by atoms with van der Waals surface area (Å²) in [5.41, 5.74) is -0.528. The summed E-state index contributed by atoms with van der Waals surface area (Å²) in [5.74, 6) is -0.880. The molecule has 0 saturated heterocycles. The maximum absolute atomic E-state index is 13.1. The lowest BCUT2D eigenvalue weighted by atomic mass is 10.0. The minimum Gasteiger partial charge on any atom is -0.508 e. The van der Waals surface area contributed by atoms with E-state index in [9.17, 15) is 14.3 Å². The minimum absolute atomic E-state index is 0.0166. The Hall–Kier alpha value is -1.62. The highest BCUT2D eigenvalue weighted by Crippen LogP contribution is 2.26. The topological polar surface area (TPSA) is 58.6 Å². The van der Waals surface area contributed by atoms with Crippen molar-refractivity contribution in [2.45, 2.75) is 32.4 Å².